The number of rotatable bonds is 10. The minimum atomic E-state index is -1.70. The predicted molar refractivity (Wildman–Crippen MR) is 95.3 cm³/mol. The lowest BCUT2D eigenvalue weighted by atomic mass is 9.97. The summed E-state index contributed by atoms with van der Waals surface area (Å²) in [7, 11) is 0. The molecule has 0 amide bonds. The summed E-state index contributed by atoms with van der Waals surface area (Å²) in [4.78, 5) is 0. The normalized spacial score (nSPS) is 43.4. The van der Waals surface area contributed by atoms with Crippen LogP contribution in [0.25, 0.3) is 0 Å². The number of hydrogen-bond donors (Lipinski definition) is 8. The van der Waals surface area contributed by atoms with Crippen molar-refractivity contribution in [2.45, 2.75) is 80.7 Å². The van der Waals surface area contributed by atoms with E-state index in [1.807, 2.05) is 0 Å². The highest BCUT2D eigenvalue weighted by Gasteiger charge is 2.50. The Hall–Kier alpha value is -0.480. The third kappa shape index (κ3) is 6.03. The molecule has 2 rings (SSSR count). The van der Waals surface area contributed by atoms with E-state index in [1.165, 1.54) is 0 Å². The van der Waals surface area contributed by atoms with Gasteiger partial charge in [-0.2, -0.15) is 0 Å². The molecule has 10 atom stereocenters. The fraction of sp³-hybridized carbons (Fsp3) is 1.00. The van der Waals surface area contributed by atoms with Gasteiger partial charge in [-0.15, -0.1) is 0 Å². The zero-order chi connectivity index (χ0) is 21.6. The van der Waals surface area contributed by atoms with E-state index in [4.69, 9.17) is 24.7 Å². The van der Waals surface area contributed by atoms with E-state index in [2.05, 4.69) is 0 Å². The summed E-state index contributed by atoms with van der Waals surface area (Å²) in [6.07, 6.45) is -12.2. The average molecular weight is 427 g/mol. The Kier molecular flexibility index (Phi) is 10.1. The molecule has 172 valence electrons. The molecule has 0 radical (unpaired) electrons. The van der Waals surface area contributed by atoms with Gasteiger partial charge in [-0.3, -0.25) is 0 Å². The Bertz CT molecular complexity index is 471. The molecule has 0 aromatic heterocycles. The minimum Gasteiger partial charge on any atom is -0.394 e. The van der Waals surface area contributed by atoms with Crippen LogP contribution in [0.5, 0.6) is 0 Å². The van der Waals surface area contributed by atoms with Crippen LogP contribution in [0.15, 0.2) is 0 Å². The van der Waals surface area contributed by atoms with Gasteiger partial charge in [0.1, 0.15) is 48.8 Å². The summed E-state index contributed by atoms with van der Waals surface area (Å²) >= 11 is 0. The second-order valence-corrected chi connectivity index (χ2v) is 7.22. The lowest BCUT2D eigenvalue weighted by Crippen LogP contribution is -2.64. The predicted octanol–water partition coefficient (Wildman–Crippen LogP) is -4.24. The first-order chi connectivity index (χ1) is 13.8. The topological polar surface area (TPSA) is 205 Å². The van der Waals surface area contributed by atoms with Crippen molar-refractivity contribution < 1.29 is 54.7 Å². The van der Waals surface area contributed by atoms with Crippen molar-refractivity contribution in [1.82, 2.24) is 0 Å². The highest BCUT2D eigenvalue weighted by atomic mass is 16.8. The second kappa shape index (κ2) is 11.8. The zero-order valence-electron chi connectivity index (χ0n) is 16.1. The molecular weight excluding hydrogens is 394 g/mol. The van der Waals surface area contributed by atoms with Crippen LogP contribution < -0.4 is 5.73 Å². The molecule has 2 aliphatic heterocycles. The highest BCUT2D eigenvalue weighted by molar-refractivity contribution is 4.93. The number of aliphatic hydroxyl groups excluding tert-OH is 7. The van der Waals surface area contributed by atoms with Crippen molar-refractivity contribution in [2.75, 3.05) is 26.4 Å². The van der Waals surface area contributed by atoms with Gasteiger partial charge in [0.25, 0.3) is 0 Å². The minimum absolute atomic E-state index is 0.222. The summed E-state index contributed by atoms with van der Waals surface area (Å²) in [5.41, 5.74) is 5.44. The van der Waals surface area contributed by atoms with Crippen molar-refractivity contribution >= 4 is 0 Å². The molecule has 2 aliphatic rings. The van der Waals surface area contributed by atoms with E-state index in [1.54, 1.807) is 0 Å². The fourth-order valence-electron chi connectivity index (χ4n) is 3.29. The summed E-state index contributed by atoms with van der Waals surface area (Å²) < 4.78 is 21.9. The fourth-order valence-corrected chi connectivity index (χ4v) is 3.29. The number of hydrogen-bond acceptors (Lipinski definition) is 12. The van der Waals surface area contributed by atoms with E-state index >= 15 is 0 Å². The molecule has 0 saturated carbocycles. The van der Waals surface area contributed by atoms with Crippen molar-refractivity contribution in [3.05, 3.63) is 0 Å². The van der Waals surface area contributed by atoms with Crippen LogP contribution in [0.3, 0.4) is 0 Å². The summed E-state index contributed by atoms with van der Waals surface area (Å²) in [6.45, 7) is -0.455. The molecule has 29 heavy (non-hydrogen) atoms. The monoisotopic (exact) mass is 427 g/mol. The highest BCUT2D eigenvalue weighted by Crippen LogP contribution is 2.29. The van der Waals surface area contributed by atoms with E-state index in [0.29, 0.717) is 13.0 Å². The molecule has 0 aliphatic carbocycles. The van der Waals surface area contributed by atoms with Gasteiger partial charge in [0.2, 0.25) is 0 Å². The van der Waals surface area contributed by atoms with Gasteiger partial charge < -0.3 is 60.4 Å². The first-order valence-electron chi connectivity index (χ1n) is 9.75. The number of unbranched alkanes of at least 4 members (excludes halogenated alkanes) is 2. The maximum atomic E-state index is 10.4. The Balaban J connectivity index is 2.07. The van der Waals surface area contributed by atoms with Crippen LogP contribution in [0.4, 0.5) is 0 Å². The van der Waals surface area contributed by atoms with Crippen molar-refractivity contribution in [1.29, 1.82) is 0 Å². The Morgan fingerprint density at radius 3 is 1.86 bits per heavy atom. The maximum absolute atomic E-state index is 10.4. The van der Waals surface area contributed by atoms with Crippen LogP contribution in [-0.4, -0.2) is 124 Å². The maximum Gasteiger partial charge on any atom is 0.187 e. The second-order valence-electron chi connectivity index (χ2n) is 7.22. The number of ether oxygens (including phenoxy) is 4. The van der Waals surface area contributed by atoms with Gasteiger partial charge in [-0.1, -0.05) is 0 Å². The molecule has 0 bridgehead atoms. The van der Waals surface area contributed by atoms with Crippen molar-refractivity contribution in [3.63, 3.8) is 0 Å². The molecule has 2 fully saturated rings. The molecule has 0 aromatic carbocycles. The summed E-state index contributed by atoms with van der Waals surface area (Å²) in [6, 6.07) is 0. The van der Waals surface area contributed by atoms with E-state index in [0.717, 1.165) is 12.8 Å². The van der Waals surface area contributed by atoms with Crippen molar-refractivity contribution in [3.8, 4) is 0 Å². The van der Waals surface area contributed by atoms with E-state index < -0.39 is 74.6 Å². The average Bonchev–Trinajstić information content (AvgIpc) is 2.72. The summed E-state index contributed by atoms with van der Waals surface area (Å²) in [5.74, 6) is 0. The lowest BCUT2D eigenvalue weighted by Gasteiger charge is -2.45. The zero-order valence-corrected chi connectivity index (χ0v) is 16.1. The van der Waals surface area contributed by atoms with E-state index in [-0.39, 0.29) is 6.61 Å². The molecular formula is C17H33NO11. The standard InChI is InChI=1S/C17H33NO11/c18-4-2-1-3-5-26-17-15(13(24)11(22)9(7-20)28-17)29-16-14(25)12(23)10(21)8(6-19)27-16/h8-17,19-25H,1-7,18H2/t8-,9-,10-,11-,12+,13+,14+,15+,16-,17+/m1/s1. The number of aliphatic hydroxyl groups is 7. The molecule has 0 spiro atoms. The first kappa shape index (κ1) is 24.8. The molecule has 0 aromatic rings. The van der Waals surface area contributed by atoms with Crippen molar-refractivity contribution in [2.24, 2.45) is 5.73 Å². The largest absolute Gasteiger partial charge is 0.394 e. The Morgan fingerprint density at radius 1 is 0.690 bits per heavy atom. The van der Waals surface area contributed by atoms with Gasteiger partial charge in [0.15, 0.2) is 12.6 Å². The Labute approximate surface area is 168 Å². The van der Waals surface area contributed by atoms with Crippen LogP contribution in [0, 0.1) is 0 Å². The number of nitrogens with two attached hydrogens (primary N) is 1. The molecule has 2 saturated heterocycles. The smallest absolute Gasteiger partial charge is 0.187 e. The third-order valence-electron chi connectivity index (χ3n) is 5.09. The van der Waals surface area contributed by atoms with Crippen LogP contribution in [0.2, 0.25) is 0 Å². The molecule has 0 unspecified atom stereocenters. The van der Waals surface area contributed by atoms with Gasteiger partial charge >= 0.3 is 0 Å². The third-order valence-corrected chi connectivity index (χ3v) is 5.09. The van der Waals surface area contributed by atoms with Crippen LogP contribution in [0.1, 0.15) is 19.3 Å². The van der Waals surface area contributed by atoms with Crippen LogP contribution in [-0.2, 0) is 18.9 Å². The lowest BCUT2D eigenvalue weighted by molar-refractivity contribution is -0.367. The Morgan fingerprint density at radius 2 is 1.28 bits per heavy atom. The molecule has 12 heteroatoms. The first-order valence-corrected chi connectivity index (χ1v) is 9.75. The van der Waals surface area contributed by atoms with Gasteiger partial charge in [-0.25, -0.2) is 0 Å². The van der Waals surface area contributed by atoms with Gasteiger partial charge in [0, 0.05) is 6.61 Å². The van der Waals surface area contributed by atoms with Crippen LogP contribution >= 0.6 is 0 Å². The molecule has 9 N–H and O–H groups in total. The molecule has 2 heterocycles. The van der Waals surface area contributed by atoms with E-state index in [9.17, 15) is 35.7 Å². The quantitative estimate of drug-likeness (QED) is 0.156. The summed E-state index contributed by atoms with van der Waals surface area (Å²) in [5, 5.41) is 69.1. The SMILES string of the molecule is NCCCCCO[C@H]1O[C@H](CO)[C@@H](O)[C@H](O)[C@@H]1O[C@H]1O[C@H](CO)[C@@H](O)[C@H](O)[C@@H]1O. The van der Waals surface area contributed by atoms with Gasteiger partial charge in [0.05, 0.1) is 13.2 Å². The van der Waals surface area contributed by atoms with Gasteiger partial charge in [-0.05, 0) is 25.8 Å². The molecule has 12 nitrogen and oxygen atoms in total.